The molecule has 0 aliphatic rings. The molecule has 1 atom stereocenters. The number of nitrogens with zero attached hydrogens (tertiary/aromatic N) is 3. The molecule has 0 amide bonds. The van der Waals surface area contributed by atoms with Gasteiger partial charge < -0.3 is 5.48 Å². The van der Waals surface area contributed by atoms with E-state index in [0.717, 1.165) is 28.6 Å². The molecule has 0 fully saturated rings. The molecule has 3 rings (SSSR count). The first-order valence-electron chi connectivity index (χ1n) is 14.1. The standard InChI is InChI=1S/2C9H10BNO.C8H8BNO2.3C2H6.CH4.H2O.H3P/c2*1-7(5-8(2)12)9-6-10-3-4-11-9;1-6(11)4-8(12)7-5-9-2-3-10-7;3*1-2;;;/h2*3-6H,1-2H3;2-5,12H,1H3;3*1-2H3;1H4;1H2;1H3. The van der Waals surface area contributed by atoms with Gasteiger partial charge in [-0.15, -0.1) is 0 Å². The fourth-order valence-corrected chi connectivity index (χ4v) is 2.73. The predicted molar refractivity (Wildman–Crippen MR) is 202 cm³/mol. The van der Waals surface area contributed by atoms with E-state index >= 15 is 0 Å². The number of aliphatic hydroxyl groups excluding tert-OH is 1. The first-order chi connectivity index (χ1) is 20.1. The third-order valence-corrected chi connectivity index (χ3v) is 4.24. The molecule has 0 spiro atoms. The topological polar surface area (TPSA) is 142 Å². The molecule has 246 valence electrons. The Morgan fingerprint density at radius 3 is 1.07 bits per heavy atom. The SMILES string of the molecule is C.CC.CC.CC.CC(=O)C=C(C)c1cbccn1.CC(=O)C=C(C)c1cbccn1.CC(=O)C=C(O)c1cbccn1.O.P. The Morgan fingerprint density at radius 1 is 0.578 bits per heavy atom. The van der Waals surface area contributed by atoms with E-state index in [2.05, 4.69) is 15.0 Å². The van der Waals surface area contributed by atoms with Gasteiger partial charge in [0.1, 0.15) is 0 Å². The number of allylic oxidation sites excluding steroid dienone is 5. The van der Waals surface area contributed by atoms with E-state index in [-0.39, 0.29) is 45.9 Å². The van der Waals surface area contributed by atoms with Crippen LogP contribution in [0.5, 0.6) is 0 Å². The third-order valence-electron chi connectivity index (χ3n) is 4.24. The van der Waals surface area contributed by atoms with E-state index in [9.17, 15) is 19.5 Å². The molecule has 3 N–H and O–H groups in total. The zero-order valence-electron chi connectivity index (χ0n) is 28.4. The summed E-state index contributed by atoms with van der Waals surface area (Å²) in [5.74, 6) is 10.7. The van der Waals surface area contributed by atoms with E-state index < -0.39 is 0 Å². The first kappa shape index (κ1) is 54.0. The van der Waals surface area contributed by atoms with Crippen LogP contribution < -0.4 is 0 Å². The average molecular weight is 637 g/mol. The summed E-state index contributed by atoms with van der Waals surface area (Å²) in [5.41, 5.74) is 3.93. The maximum atomic E-state index is 10.7. The van der Waals surface area contributed by atoms with Crippen molar-refractivity contribution >= 4 is 64.9 Å². The Kier molecular flexibility index (Phi) is 44.0. The van der Waals surface area contributed by atoms with Crippen LogP contribution in [0, 0.1) is 0 Å². The number of hydrogen-bond donors (Lipinski definition) is 1. The zero-order chi connectivity index (χ0) is 32.9. The number of ketones is 3. The quantitative estimate of drug-likeness (QED) is 0.181. The van der Waals surface area contributed by atoms with Crippen LogP contribution in [0.1, 0.15) is 101 Å². The number of aromatic nitrogens is 3. The molecule has 45 heavy (non-hydrogen) atoms. The molecule has 8 nitrogen and oxygen atoms in total. The van der Waals surface area contributed by atoms with E-state index in [1.165, 1.54) is 20.8 Å². The van der Waals surface area contributed by atoms with Crippen molar-refractivity contribution in [1.29, 1.82) is 0 Å². The number of rotatable bonds is 6. The van der Waals surface area contributed by atoms with Gasteiger partial charge in [-0.05, 0) is 0 Å². The second-order valence-electron chi connectivity index (χ2n) is 7.66. The van der Waals surface area contributed by atoms with Crippen LogP contribution in [0.25, 0.3) is 16.9 Å². The van der Waals surface area contributed by atoms with Crippen molar-refractivity contribution in [1.82, 2.24) is 15.0 Å². The molecule has 0 bridgehead atoms. The Morgan fingerprint density at radius 2 is 0.844 bits per heavy atom. The fraction of sp³-hybridized carbons (Fsp3) is 0.364. The molecule has 3 aromatic rings. The summed E-state index contributed by atoms with van der Waals surface area (Å²) in [6.45, 7) is 25.7. The van der Waals surface area contributed by atoms with E-state index in [0.29, 0.717) is 5.69 Å². The molecule has 0 radical (unpaired) electrons. The number of aliphatic hydroxyl groups is 1. The van der Waals surface area contributed by atoms with E-state index in [1.54, 1.807) is 49.6 Å². The summed E-state index contributed by atoms with van der Waals surface area (Å²) in [7, 11) is 0. The second-order valence-corrected chi connectivity index (χ2v) is 7.66. The molecule has 0 aromatic carbocycles. The van der Waals surface area contributed by atoms with Crippen molar-refractivity contribution in [3.05, 3.63) is 89.7 Å². The summed E-state index contributed by atoms with van der Waals surface area (Å²) in [5, 5.41) is 9.27. The van der Waals surface area contributed by atoms with Gasteiger partial charge in [-0.2, -0.15) is 9.90 Å². The van der Waals surface area contributed by atoms with Gasteiger partial charge in [0.2, 0.25) is 0 Å². The van der Waals surface area contributed by atoms with Crippen LogP contribution in [-0.2, 0) is 14.4 Å². The summed E-state index contributed by atoms with van der Waals surface area (Å²) in [6.07, 6.45) is 9.30. The van der Waals surface area contributed by atoms with Crippen molar-refractivity contribution in [3.63, 3.8) is 0 Å². The number of carbonyl (C=O) groups is 3. The molecule has 0 saturated heterocycles. The molecule has 0 saturated carbocycles. The molecule has 3 aromatic heterocycles. The van der Waals surface area contributed by atoms with Crippen molar-refractivity contribution in [2.24, 2.45) is 0 Å². The van der Waals surface area contributed by atoms with Crippen molar-refractivity contribution in [3.8, 4) is 0 Å². The monoisotopic (exact) mass is 637 g/mol. The minimum atomic E-state index is -0.196. The van der Waals surface area contributed by atoms with Gasteiger partial charge in [0.15, 0.2) is 0 Å². The zero-order valence-corrected chi connectivity index (χ0v) is 29.8. The van der Waals surface area contributed by atoms with Gasteiger partial charge in [0, 0.05) is 0 Å². The maximum absolute atomic E-state index is 10.7. The summed E-state index contributed by atoms with van der Waals surface area (Å²) in [6, 6.07) is 0. The summed E-state index contributed by atoms with van der Waals surface area (Å²) < 4.78 is 0. The molecule has 1 unspecified atom stereocenters. The van der Waals surface area contributed by atoms with Crippen LogP contribution >= 0.6 is 9.90 Å². The molecular weight excluding hydrogens is 582 g/mol. The van der Waals surface area contributed by atoms with Crippen molar-refractivity contribution < 1.29 is 25.0 Å². The van der Waals surface area contributed by atoms with Crippen LogP contribution in [0.3, 0.4) is 0 Å². The fourth-order valence-electron chi connectivity index (χ4n) is 2.73. The van der Waals surface area contributed by atoms with Crippen LogP contribution in [0.2, 0.25) is 0 Å². The van der Waals surface area contributed by atoms with Crippen LogP contribution in [0.4, 0.5) is 0 Å². The van der Waals surface area contributed by atoms with Crippen LogP contribution in [-0.4, -0.2) is 63.6 Å². The third kappa shape index (κ3) is 30.3. The number of hydrogen-bond acceptors (Lipinski definition) is 7. The van der Waals surface area contributed by atoms with E-state index in [4.69, 9.17) is 0 Å². The van der Waals surface area contributed by atoms with Gasteiger partial charge >= 0.3 is 214 Å². The van der Waals surface area contributed by atoms with Crippen molar-refractivity contribution in [2.45, 2.75) is 83.6 Å². The Bertz CT molecular complexity index is 1090. The van der Waals surface area contributed by atoms with E-state index in [1.807, 2.05) is 93.1 Å². The molecule has 12 heteroatoms. The normalized spacial score (nSPS) is 9.18. The minimum absolute atomic E-state index is 0. The second kappa shape index (κ2) is 36.6. The van der Waals surface area contributed by atoms with Crippen molar-refractivity contribution in [2.75, 3.05) is 0 Å². The predicted octanol–water partition coefficient (Wildman–Crippen LogP) is 6.68. The number of carbonyl (C=O) groups excluding carboxylic acids is 3. The van der Waals surface area contributed by atoms with Gasteiger partial charge in [0.05, 0.1) is 0 Å². The van der Waals surface area contributed by atoms with Gasteiger partial charge in [0.25, 0.3) is 0 Å². The Hall–Kier alpha value is -3.55. The minimum Gasteiger partial charge on any atom is -0.412 e. The summed E-state index contributed by atoms with van der Waals surface area (Å²) >= 11 is 0. The van der Waals surface area contributed by atoms with Gasteiger partial charge in [-0.25, -0.2) is 0 Å². The van der Waals surface area contributed by atoms with Crippen LogP contribution in [0.15, 0.2) is 72.6 Å². The average Bonchev–Trinajstić information content (AvgIpc) is 3.01. The molecular formula is C33H55B3N3O5P. The first-order valence-corrected chi connectivity index (χ1v) is 14.1. The van der Waals surface area contributed by atoms with Gasteiger partial charge in [-0.3, -0.25) is 0 Å². The molecule has 3 heterocycles. The molecule has 0 aliphatic carbocycles. The maximum Gasteiger partial charge on any atom is -0.153 e. The summed E-state index contributed by atoms with van der Waals surface area (Å²) in [4.78, 5) is 44.1. The smallest absolute Gasteiger partial charge is 0.153 e. The Balaban J connectivity index is -0.000000113. The van der Waals surface area contributed by atoms with Gasteiger partial charge in [-0.1, -0.05) is 49.0 Å². The largest absolute Gasteiger partial charge is 0.412 e. The Labute approximate surface area is 277 Å². The molecule has 0 aliphatic heterocycles.